The first kappa shape index (κ1) is 23.8. The molecule has 0 radical (unpaired) electrons. The van der Waals surface area contributed by atoms with Gasteiger partial charge in [-0.25, -0.2) is 0 Å². The number of benzene rings is 1. The molecule has 1 aliphatic carbocycles. The van der Waals surface area contributed by atoms with Gasteiger partial charge in [0.1, 0.15) is 0 Å². The number of aliphatic imine (C=N–C) groups is 1. The third kappa shape index (κ3) is 8.03. The predicted octanol–water partition coefficient (Wildman–Crippen LogP) is 3.28. The molecule has 3 rings (SSSR count). The van der Waals surface area contributed by atoms with E-state index >= 15 is 0 Å². The van der Waals surface area contributed by atoms with Crippen molar-refractivity contribution in [2.45, 2.75) is 64.0 Å². The molecule has 1 aliphatic heterocycles. The molecule has 1 aromatic rings. The van der Waals surface area contributed by atoms with Gasteiger partial charge >= 0.3 is 0 Å². The highest BCUT2D eigenvalue weighted by atomic mass is 127. The van der Waals surface area contributed by atoms with Gasteiger partial charge in [-0.15, -0.1) is 24.0 Å². The Labute approximate surface area is 192 Å². The summed E-state index contributed by atoms with van der Waals surface area (Å²) < 4.78 is 0. The molecule has 0 spiro atoms. The van der Waals surface area contributed by atoms with E-state index < -0.39 is 0 Å². The van der Waals surface area contributed by atoms with Crippen LogP contribution in [0.1, 0.15) is 51.9 Å². The minimum absolute atomic E-state index is 0. The minimum atomic E-state index is 0. The second kappa shape index (κ2) is 12.9. The molecule has 1 amide bonds. The summed E-state index contributed by atoms with van der Waals surface area (Å²) in [7, 11) is 0. The molecular weight excluding hydrogens is 477 g/mol. The topological polar surface area (TPSA) is 68.8 Å². The van der Waals surface area contributed by atoms with Crippen LogP contribution in [-0.2, 0) is 4.79 Å². The van der Waals surface area contributed by atoms with Crippen LogP contribution in [0.4, 0.5) is 5.69 Å². The van der Waals surface area contributed by atoms with Crippen LogP contribution in [0.25, 0.3) is 0 Å². The van der Waals surface area contributed by atoms with E-state index in [0.717, 1.165) is 44.9 Å². The van der Waals surface area contributed by atoms with Gasteiger partial charge in [0.25, 0.3) is 0 Å². The maximum atomic E-state index is 12.2. The number of anilines is 1. The highest BCUT2D eigenvalue weighted by Gasteiger charge is 2.23. The fourth-order valence-electron chi connectivity index (χ4n) is 4.08. The van der Waals surface area contributed by atoms with Crippen LogP contribution in [-0.4, -0.2) is 50.1 Å². The van der Waals surface area contributed by atoms with Gasteiger partial charge in [-0.1, -0.05) is 37.5 Å². The van der Waals surface area contributed by atoms with E-state index in [1.807, 2.05) is 0 Å². The molecule has 2 fully saturated rings. The lowest BCUT2D eigenvalue weighted by molar-refractivity contribution is -0.121. The third-order valence-corrected chi connectivity index (χ3v) is 5.57. The number of halogens is 1. The number of carbonyl (C=O) groups excluding carboxylic acids is 1. The number of guanidine groups is 1. The summed E-state index contributed by atoms with van der Waals surface area (Å²) in [5.74, 6) is 0.940. The van der Waals surface area contributed by atoms with Crippen molar-refractivity contribution in [3.05, 3.63) is 30.3 Å². The van der Waals surface area contributed by atoms with E-state index in [1.165, 1.54) is 24.9 Å². The maximum Gasteiger partial charge on any atom is 0.222 e. The van der Waals surface area contributed by atoms with Crippen molar-refractivity contribution in [2.24, 2.45) is 4.99 Å². The standard InChI is InChI=1S/C22H35N5O.HI/c1-2-23-22(24-15-13-21(28)25-18-9-5-3-6-10-18)26-19-14-16-27(17-19)20-11-7-4-8-12-20;/h4,7-8,11-12,18-19H,2-3,5-6,9-10,13-17H2,1H3,(H,25,28)(H2,23,24,26);1H. The summed E-state index contributed by atoms with van der Waals surface area (Å²) in [6.45, 7) is 5.41. The quantitative estimate of drug-likeness (QED) is 0.298. The van der Waals surface area contributed by atoms with E-state index in [9.17, 15) is 4.79 Å². The van der Waals surface area contributed by atoms with Crippen LogP contribution in [0.5, 0.6) is 0 Å². The van der Waals surface area contributed by atoms with Crippen molar-refractivity contribution in [2.75, 3.05) is 31.1 Å². The number of nitrogens with zero attached hydrogens (tertiary/aromatic N) is 2. The lowest BCUT2D eigenvalue weighted by Gasteiger charge is -2.22. The summed E-state index contributed by atoms with van der Waals surface area (Å²) in [6, 6.07) is 11.3. The number of hydrogen-bond donors (Lipinski definition) is 3. The second-order valence-electron chi connectivity index (χ2n) is 7.82. The van der Waals surface area contributed by atoms with Gasteiger partial charge in [-0.2, -0.15) is 0 Å². The van der Waals surface area contributed by atoms with E-state index in [4.69, 9.17) is 0 Å². The van der Waals surface area contributed by atoms with Crippen LogP contribution in [0, 0.1) is 0 Å². The Balaban J connectivity index is 0.00000300. The molecule has 6 nitrogen and oxygen atoms in total. The largest absolute Gasteiger partial charge is 0.369 e. The number of para-hydroxylation sites is 1. The Morgan fingerprint density at radius 1 is 1.07 bits per heavy atom. The zero-order valence-electron chi connectivity index (χ0n) is 17.5. The molecule has 0 aromatic heterocycles. The normalized spacial score (nSPS) is 20.1. The molecule has 7 heteroatoms. The van der Waals surface area contributed by atoms with Gasteiger partial charge in [-0.05, 0) is 38.3 Å². The molecule has 1 heterocycles. The highest BCUT2D eigenvalue weighted by molar-refractivity contribution is 14.0. The zero-order valence-corrected chi connectivity index (χ0v) is 19.9. The van der Waals surface area contributed by atoms with Crippen LogP contribution in [0.3, 0.4) is 0 Å². The average molecular weight is 513 g/mol. The van der Waals surface area contributed by atoms with Crippen molar-refractivity contribution in [1.82, 2.24) is 16.0 Å². The summed E-state index contributed by atoms with van der Waals surface area (Å²) in [6.07, 6.45) is 7.56. The van der Waals surface area contributed by atoms with Gasteiger partial charge in [0.05, 0.1) is 6.54 Å². The summed E-state index contributed by atoms with van der Waals surface area (Å²) in [5, 5.41) is 10.0. The Hall–Kier alpha value is -1.51. The SMILES string of the molecule is CCNC(=NCCC(=O)NC1CCCCC1)NC1CCN(c2ccccc2)C1.I. The number of nitrogens with one attached hydrogen (secondary N) is 3. The number of amides is 1. The van der Waals surface area contributed by atoms with Crippen LogP contribution >= 0.6 is 24.0 Å². The molecule has 1 saturated carbocycles. The first-order chi connectivity index (χ1) is 13.7. The minimum Gasteiger partial charge on any atom is -0.369 e. The van der Waals surface area contributed by atoms with Crippen molar-refractivity contribution < 1.29 is 4.79 Å². The van der Waals surface area contributed by atoms with E-state index in [1.54, 1.807) is 0 Å². The van der Waals surface area contributed by atoms with Crippen LogP contribution in [0.15, 0.2) is 35.3 Å². The smallest absolute Gasteiger partial charge is 0.222 e. The fourth-order valence-corrected chi connectivity index (χ4v) is 4.08. The molecule has 2 aliphatic rings. The van der Waals surface area contributed by atoms with E-state index in [2.05, 4.69) is 63.1 Å². The van der Waals surface area contributed by atoms with Crippen molar-refractivity contribution in [3.8, 4) is 0 Å². The summed E-state index contributed by atoms with van der Waals surface area (Å²) in [5.41, 5.74) is 1.27. The highest BCUT2D eigenvalue weighted by Crippen LogP contribution is 2.19. The Bertz CT molecular complexity index is 633. The van der Waals surface area contributed by atoms with Gasteiger partial charge in [0, 0.05) is 43.8 Å². The van der Waals surface area contributed by atoms with Crippen molar-refractivity contribution in [3.63, 3.8) is 0 Å². The summed E-state index contributed by atoms with van der Waals surface area (Å²) in [4.78, 5) is 19.2. The van der Waals surface area contributed by atoms with Crippen molar-refractivity contribution in [1.29, 1.82) is 0 Å². The van der Waals surface area contributed by atoms with Crippen molar-refractivity contribution >= 4 is 41.5 Å². The van der Waals surface area contributed by atoms with Crippen LogP contribution in [0.2, 0.25) is 0 Å². The van der Waals surface area contributed by atoms with E-state index in [0.29, 0.717) is 25.0 Å². The maximum absolute atomic E-state index is 12.2. The predicted molar refractivity (Wildman–Crippen MR) is 131 cm³/mol. The number of hydrogen-bond acceptors (Lipinski definition) is 3. The van der Waals surface area contributed by atoms with Gasteiger partial charge in [0.2, 0.25) is 5.91 Å². The molecular formula is C22H36IN5O. The molecule has 3 N–H and O–H groups in total. The second-order valence-corrected chi connectivity index (χ2v) is 7.82. The number of rotatable bonds is 7. The Morgan fingerprint density at radius 3 is 2.55 bits per heavy atom. The molecule has 1 saturated heterocycles. The first-order valence-corrected chi connectivity index (χ1v) is 10.9. The van der Waals surface area contributed by atoms with Crippen LogP contribution < -0.4 is 20.9 Å². The zero-order chi connectivity index (χ0) is 19.6. The van der Waals surface area contributed by atoms with Gasteiger partial charge in [0.15, 0.2) is 5.96 Å². The van der Waals surface area contributed by atoms with Gasteiger partial charge < -0.3 is 20.9 Å². The summed E-state index contributed by atoms with van der Waals surface area (Å²) >= 11 is 0. The third-order valence-electron chi connectivity index (χ3n) is 5.57. The molecule has 29 heavy (non-hydrogen) atoms. The lowest BCUT2D eigenvalue weighted by Crippen LogP contribution is -2.44. The molecule has 162 valence electrons. The fraction of sp³-hybridized carbons (Fsp3) is 0.636. The first-order valence-electron chi connectivity index (χ1n) is 10.9. The molecule has 1 aromatic carbocycles. The van der Waals surface area contributed by atoms with Gasteiger partial charge in [-0.3, -0.25) is 9.79 Å². The average Bonchev–Trinajstić information content (AvgIpc) is 3.18. The Kier molecular flexibility index (Phi) is 10.6. The van der Waals surface area contributed by atoms with E-state index in [-0.39, 0.29) is 29.9 Å². The number of carbonyl (C=O) groups is 1. The monoisotopic (exact) mass is 513 g/mol. The molecule has 1 atom stereocenters. The lowest BCUT2D eigenvalue weighted by atomic mass is 9.95. The Morgan fingerprint density at radius 2 is 1.83 bits per heavy atom. The molecule has 0 bridgehead atoms. The molecule has 1 unspecified atom stereocenters.